The van der Waals surface area contributed by atoms with Crippen molar-refractivity contribution >= 4 is 23.5 Å². The average Bonchev–Trinajstić information content (AvgIpc) is 3.14. The second-order valence-corrected chi connectivity index (χ2v) is 5.09. The third-order valence-electron chi connectivity index (χ3n) is 3.14. The van der Waals surface area contributed by atoms with Gasteiger partial charge in [-0.3, -0.25) is 4.79 Å². The molecule has 0 aromatic carbocycles. The number of nitrogens with zero attached hydrogens (tertiary/aromatic N) is 5. The number of anilines is 1. The molecule has 0 fully saturated rings. The number of carbonyl (C=O) groups excluding carboxylic acids is 2. The van der Waals surface area contributed by atoms with Gasteiger partial charge in [0.15, 0.2) is 11.9 Å². The lowest BCUT2D eigenvalue weighted by atomic mass is 10.3. The number of aryl methyl sites for hydroxylation is 2. The minimum Gasteiger partial charge on any atom is -0.447 e. The summed E-state index contributed by atoms with van der Waals surface area (Å²) in [5.74, 6) is -0.475. The molecule has 3 aromatic rings. The maximum atomic E-state index is 12.1. The molecule has 10 nitrogen and oxygen atoms in total. The monoisotopic (exact) mass is 330 g/mol. The van der Waals surface area contributed by atoms with Crippen molar-refractivity contribution in [2.45, 2.75) is 26.9 Å². The quantitative estimate of drug-likeness (QED) is 0.700. The third-order valence-corrected chi connectivity index (χ3v) is 3.14. The Morgan fingerprint density at radius 1 is 1.38 bits per heavy atom. The lowest BCUT2D eigenvalue weighted by Crippen LogP contribution is -2.30. The van der Waals surface area contributed by atoms with Gasteiger partial charge in [-0.25, -0.2) is 14.3 Å². The van der Waals surface area contributed by atoms with E-state index in [4.69, 9.17) is 9.26 Å². The molecule has 124 valence electrons. The Bertz CT molecular complexity index is 915. The zero-order valence-electron chi connectivity index (χ0n) is 13.2. The van der Waals surface area contributed by atoms with Crippen molar-refractivity contribution in [2.24, 2.45) is 0 Å². The van der Waals surface area contributed by atoms with Crippen LogP contribution in [0.1, 0.15) is 29.0 Å². The smallest absolute Gasteiger partial charge is 0.379 e. The van der Waals surface area contributed by atoms with E-state index in [9.17, 15) is 9.59 Å². The fraction of sp³-hybridized carbons (Fsp3) is 0.286. The van der Waals surface area contributed by atoms with Gasteiger partial charge in [-0.2, -0.15) is 4.98 Å². The highest BCUT2D eigenvalue weighted by atomic mass is 16.5. The van der Waals surface area contributed by atoms with E-state index in [-0.39, 0.29) is 17.4 Å². The van der Waals surface area contributed by atoms with Crippen LogP contribution in [0, 0.1) is 13.8 Å². The van der Waals surface area contributed by atoms with E-state index in [2.05, 4.69) is 25.5 Å². The van der Waals surface area contributed by atoms with Gasteiger partial charge in [0.1, 0.15) is 5.76 Å². The molecule has 1 atom stereocenters. The van der Waals surface area contributed by atoms with Gasteiger partial charge in [0.25, 0.3) is 17.5 Å². The standard InChI is InChI=1S/C14H14N6O4/c1-7-4-5-15-14-17-11(18-20(7)14)13(22)23-9(3)12(21)16-10-6-8(2)24-19-10/h4-6,9H,1-3H3,(H,16,19,21)/t9-/m1/s1. The van der Waals surface area contributed by atoms with Crippen molar-refractivity contribution in [2.75, 3.05) is 5.32 Å². The first kappa shape index (κ1) is 15.6. The normalized spacial score (nSPS) is 12.1. The zero-order valence-corrected chi connectivity index (χ0v) is 13.2. The van der Waals surface area contributed by atoms with Gasteiger partial charge in [0, 0.05) is 18.0 Å². The number of nitrogens with one attached hydrogen (secondary N) is 1. The summed E-state index contributed by atoms with van der Waals surface area (Å²) in [4.78, 5) is 32.1. The minimum atomic E-state index is -1.06. The van der Waals surface area contributed by atoms with Crippen LogP contribution in [0.2, 0.25) is 0 Å². The third kappa shape index (κ3) is 3.07. The SMILES string of the molecule is Cc1cc(NC(=O)[C@@H](C)OC(=O)c2nc3nccc(C)n3n2)no1. The van der Waals surface area contributed by atoms with Crippen molar-refractivity contribution in [3.63, 3.8) is 0 Å². The van der Waals surface area contributed by atoms with Crippen molar-refractivity contribution in [3.8, 4) is 0 Å². The van der Waals surface area contributed by atoms with Crippen LogP contribution in [0.5, 0.6) is 0 Å². The summed E-state index contributed by atoms with van der Waals surface area (Å²) in [5.41, 5.74) is 0.763. The number of rotatable bonds is 4. The molecule has 0 saturated heterocycles. The van der Waals surface area contributed by atoms with E-state index in [1.165, 1.54) is 11.4 Å². The first-order valence-electron chi connectivity index (χ1n) is 7.07. The Labute approximate surface area is 135 Å². The molecule has 0 bridgehead atoms. The van der Waals surface area contributed by atoms with Gasteiger partial charge in [-0.1, -0.05) is 5.16 Å². The Balaban J connectivity index is 1.68. The Hall–Kier alpha value is -3.30. The molecule has 1 amide bonds. The van der Waals surface area contributed by atoms with Crippen LogP contribution < -0.4 is 5.32 Å². The highest BCUT2D eigenvalue weighted by Gasteiger charge is 2.23. The summed E-state index contributed by atoms with van der Waals surface area (Å²) in [6, 6.07) is 3.28. The van der Waals surface area contributed by atoms with Crippen LogP contribution in [0.15, 0.2) is 22.9 Å². The molecule has 24 heavy (non-hydrogen) atoms. The van der Waals surface area contributed by atoms with Crippen LogP contribution in [0.4, 0.5) is 5.82 Å². The number of aromatic nitrogens is 5. The van der Waals surface area contributed by atoms with Gasteiger partial charge in [0.05, 0.1) is 0 Å². The van der Waals surface area contributed by atoms with Crippen LogP contribution >= 0.6 is 0 Å². The number of hydrogen-bond donors (Lipinski definition) is 1. The first-order valence-corrected chi connectivity index (χ1v) is 7.07. The first-order chi connectivity index (χ1) is 11.4. The van der Waals surface area contributed by atoms with E-state index >= 15 is 0 Å². The van der Waals surface area contributed by atoms with Gasteiger partial charge < -0.3 is 14.6 Å². The average molecular weight is 330 g/mol. The van der Waals surface area contributed by atoms with Crippen molar-refractivity contribution in [1.82, 2.24) is 24.7 Å². The second-order valence-electron chi connectivity index (χ2n) is 5.09. The number of ether oxygens (including phenoxy) is 1. The molecule has 3 heterocycles. The van der Waals surface area contributed by atoms with E-state index < -0.39 is 18.0 Å². The minimum absolute atomic E-state index is 0.172. The van der Waals surface area contributed by atoms with Crippen molar-refractivity contribution in [3.05, 3.63) is 35.6 Å². The summed E-state index contributed by atoms with van der Waals surface area (Å²) in [6.45, 7) is 4.92. The highest BCUT2D eigenvalue weighted by Crippen LogP contribution is 2.09. The van der Waals surface area contributed by atoms with E-state index in [1.54, 1.807) is 32.2 Å². The number of carbonyl (C=O) groups is 2. The predicted molar refractivity (Wildman–Crippen MR) is 80.3 cm³/mol. The molecule has 0 aliphatic heterocycles. The molecule has 0 saturated carbocycles. The molecule has 1 N–H and O–H groups in total. The van der Waals surface area contributed by atoms with E-state index in [0.717, 1.165) is 5.69 Å². The molecule has 0 radical (unpaired) electrons. The van der Waals surface area contributed by atoms with Gasteiger partial charge in [0.2, 0.25) is 0 Å². The van der Waals surface area contributed by atoms with E-state index in [0.29, 0.717) is 5.76 Å². The lowest BCUT2D eigenvalue weighted by Gasteiger charge is -2.10. The summed E-state index contributed by atoms with van der Waals surface area (Å²) >= 11 is 0. The molecule has 0 spiro atoms. The summed E-state index contributed by atoms with van der Waals surface area (Å²) in [6.07, 6.45) is 0.500. The Kier molecular flexibility index (Phi) is 3.94. The second kappa shape index (κ2) is 6.07. The van der Waals surface area contributed by atoms with Crippen LogP contribution in [0.3, 0.4) is 0 Å². The van der Waals surface area contributed by atoms with Crippen molar-refractivity contribution < 1.29 is 18.8 Å². The maximum absolute atomic E-state index is 12.1. The fourth-order valence-corrected chi connectivity index (χ4v) is 1.91. The maximum Gasteiger partial charge on any atom is 0.379 e. The van der Waals surface area contributed by atoms with Crippen LogP contribution in [-0.2, 0) is 9.53 Å². The summed E-state index contributed by atoms with van der Waals surface area (Å²) < 4.78 is 11.3. The molecular formula is C14H14N6O4. The molecule has 0 unspecified atom stereocenters. The lowest BCUT2D eigenvalue weighted by molar-refractivity contribution is -0.123. The van der Waals surface area contributed by atoms with Gasteiger partial charge in [-0.05, 0) is 26.8 Å². The van der Waals surface area contributed by atoms with Crippen molar-refractivity contribution in [1.29, 1.82) is 0 Å². The summed E-state index contributed by atoms with van der Waals surface area (Å²) in [7, 11) is 0. The summed E-state index contributed by atoms with van der Waals surface area (Å²) in [5, 5.41) is 10.1. The topological polar surface area (TPSA) is 125 Å². The number of esters is 1. The molecular weight excluding hydrogens is 316 g/mol. The molecule has 0 aliphatic rings. The predicted octanol–water partition coefficient (Wildman–Crippen LogP) is 0.913. The zero-order chi connectivity index (χ0) is 17.3. The van der Waals surface area contributed by atoms with E-state index in [1.807, 2.05) is 0 Å². The highest BCUT2D eigenvalue weighted by molar-refractivity contribution is 5.95. The van der Waals surface area contributed by atoms with Crippen LogP contribution in [-0.4, -0.2) is 42.7 Å². The Morgan fingerprint density at radius 2 is 2.17 bits per heavy atom. The number of fused-ring (bicyclic) bond motifs is 1. The molecule has 10 heteroatoms. The molecule has 3 aromatic heterocycles. The fourth-order valence-electron chi connectivity index (χ4n) is 1.91. The van der Waals surface area contributed by atoms with Gasteiger partial charge >= 0.3 is 5.97 Å². The molecule has 0 aliphatic carbocycles. The largest absolute Gasteiger partial charge is 0.447 e. The number of hydrogen-bond acceptors (Lipinski definition) is 8. The van der Waals surface area contributed by atoms with Gasteiger partial charge in [-0.15, -0.1) is 5.10 Å². The van der Waals surface area contributed by atoms with Crippen LogP contribution in [0.25, 0.3) is 5.78 Å². The Morgan fingerprint density at radius 3 is 2.83 bits per heavy atom. The molecule has 3 rings (SSSR count). The number of amides is 1.